The van der Waals surface area contributed by atoms with E-state index in [1.165, 1.54) is 12.8 Å². The fraction of sp³-hybridized carbons (Fsp3) is 0.857. The van der Waals surface area contributed by atoms with Crippen molar-refractivity contribution in [3.8, 4) is 0 Å². The van der Waals surface area contributed by atoms with Gasteiger partial charge in [-0.3, -0.25) is 0 Å². The maximum atomic E-state index is 10.2. The maximum absolute atomic E-state index is 10.2. The van der Waals surface area contributed by atoms with Crippen LogP contribution in [0.1, 0.15) is 64.2 Å². The molecule has 0 bridgehead atoms. The van der Waals surface area contributed by atoms with Crippen LogP contribution < -0.4 is 10.2 Å². The summed E-state index contributed by atoms with van der Waals surface area (Å²) in [5, 5.41) is 20.5. The molecule has 2 fully saturated rings. The average molecular weight is 462 g/mol. The number of hydrogen-bond donors (Lipinski definition) is 0. The smallest absolute Gasteiger partial charge is 0.550 e. The quantitative estimate of drug-likeness (QED) is 0.553. The van der Waals surface area contributed by atoms with Gasteiger partial charge in [-0.05, 0) is 37.5 Å². The molecule has 0 aromatic rings. The molecule has 0 unspecified atom stereocenters. The number of rotatable bonds is 2. The molecule has 4 nitrogen and oxygen atoms in total. The van der Waals surface area contributed by atoms with Gasteiger partial charge in [0.2, 0.25) is 0 Å². The zero-order valence-corrected chi connectivity index (χ0v) is 15.2. The first-order valence-corrected chi connectivity index (χ1v) is 7.03. The van der Waals surface area contributed by atoms with Gasteiger partial charge in [0.15, 0.2) is 0 Å². The van der Waals surface area contributed by atoms with Crippen LogP contribution in [0.25, 0.3) is 0 Å². The molecule has 0 N–H and O–H groups in total. The van der Waals surface area contributed by atoms with Gasteiger partial charge in [0.1, 0.15) is 0 Å². The third kappa shape index (κ3) is 7.89. The van der Waals surface area contributed by atoms with Crippen LogP contribution in [0.5, 0.6) is 0 Å². The molecular formula is C14H22O4Pb. The van der Waals surface area contributed by atoms with Crippen LogP contribution in [0, 0.1) is 11.8 Å². The molecule has 2 rings (SSSR count). The first-order valence-electron chi connectivity index (χ1n) is 7.03. The van der Waals surface area contributed by atoms with E-state index < -0.39 is 11.9 Å². The SMILES string of the molecule is O=C([O-])C1CCCCC1.O=C([O-])C1CCCCC1.[Pb+2]. The van der Waals surface area contributed by atoms with Crippen LogP contribution in [0.4, 0.5) is 0 Å². The van der Waals surface area contributed by atoms with Gasteiger partial charge >= 0.3 is 27.3 Å². The minimum Gasteiger partial charge on any atom is -0.550 e. The largest absolute Gasteiger partial charge is 2.00 e. The number of carbonyl (C=O) groups is 2. The van der Waals surface area contributed by atoms with Gasteiger partial charge in [0.05, 0.1) is 0 Å². The maximum Gasteiger partial charge on any atom is 2.00 e. The Hall–Kier alpha value is -0.138. The molecule has 0 heterocycles. The molecule has 0 saturated heterocycles. The second kappa shape index (κ2) is 10.6. The van der Waals surface area contributed by atoms with Gasteiger partial charge in [0.25, 0.3) is 0 Å². The fourth-order valence-electron chi connectivity index (χ4n) is 2.68. The fourth-order valence-corrected chi connectivity index (χ4v) is 2.68. The van der Waals surface area contributed by atoms with Gasteiger partial charge in [0, 0.05) is 11.9 Å². The van der Waals surface area contributed by atoms with Crippen LogP contribution in [-0.2, 0) is 9.59 Å². The Labute approximate surface area is 135 Å². The predicted octanol–water partition coefficient (Wildman–Crippen LogP) is 0.252. The van der Waals surface area contributed by atoms with Gasteiger partial charge in [-0.25, -0.2) is 0 Å². The van der Waals surface area contributed by atoms with Crippen molar-refractivity contribution in [1.82, 2.24) is 0 Å². The first-order chi connectivity index (χ1) is 8.61. The van der Waals surface area contributed by atoms with E-state index in [1.807, 2.05) is 0 Å². The van der Waals surface area contributed by atoms with Crippen molar-refractivity contribution in [3.05, 3.63) is 0 Å². The van der Waals surface area contributed by atoms with Gasteiger partial charge in [-0.1, -0.05) is 38.5 Å². The summed E-state index contributed by atoms with van der Waals surface area (Å²) in [4.78, 5) is 20.5. The number of aliphatic carboxylic acids is 2. The van der Waals surface area contributed by atoms with E-state index in [2.05, 4.69) is 0 Å². The van der Waals surface area contributed by atoms with Crippen molar-refractivity contribution < 1.29 is 19.8 Å². The van der Waals surface area contributed by atoms with Crippen LogP contribution in [0.15, 0.2) is 0 Å². The minimum absolute atomic E-state index is 0. The number of carboxylic acid groups (broad SMARTS) is 2. The molecule has 0 aromatic heterocycles. The monoisotopic (exact) mass is 462 g/mol. The third-order valence-electron chi connectivity index (χ3n) is 3.88. The molecule has 106 valence electrons. The van der Waals surface area contributed by atoms with E-state index in [0.29, 0.717) is 0 Å². The summed E-state index contributed by atoms with van der Waals surface area (Å²) in [5.41, 5.74) is 0. The molecule has 2 radical (unpaired) electrons. The number of hydrogen-bond acceptors (Lipinski definition) is 4. The molecule has 5 heteroatoms. The summed E-state index contributed by atoms with van der Waals surface area (Å²) in [7, 11) is 0. The van der Waals surface area contributed by atoms with Crippen molar-refractivity contribution in [3.63, 3.8) is 0 Å². The topological polar surface area (TPSA) is 80.3 Å². The standard InChI is InChI=1S/2C7H12O2.Pb/c2*8-7(9)6-4-2-1-3-5-6;/h2*6H,1-5H2,(H,8,9);/q;;+2/p-2. The molecule has 0 aliphatic heterocycles. The molecule has 0 atom stereocenters. The van der Waals surface area contributed by atoms with Crippen LogP contribution in [0.2, 0.25) is 0 Å². The van der Waals surface area contributed by atoms with Crippen LogP contribution >= 0.6 is 0 Å². The van der Waals surface area contributed by atoms with Gasteiger partial charge < -0.3 is 19.8 Å². The van der Waals surface area contributed by atoms with Crippen molar-refractivity contribution in [1.29, 1.82) is 0 Å². The van der Waals surface area contributed by atoms with Crippen molar-refractivity contribution >= 4 is 39.2 Å². The number of carboxylic acids is 2. The minimum atomic E-state index is -0.852. The normalized spacial score (nSPS) is 20.6. The van der Waals surface area contributed by atoms with Crippen molar-refractivity contribution in [2.24, 2.45) is 11.8 Å². The van der Waals surface area contributed by atoms with Gasteiger partial charge in [-0.15, -0.1) is 0 Å². The van der Waals surface area contributed by atoms with E-state index in [0.717, 1.165) is 51.4 Å². The molecule has 2 aliphatic rings. The molecule has 0 spiro atoms. The Kier molecular flexibility index (Phi) is 10.5. The summed E-state index contributed by atoms with van der Waals surface area (Å²) in [5.74, 6) is -1.98. The summed E-state index contributed by atoms with van der Waals surface area (Å²) in [6.45, 7) is 0. The Morgan fingerprint density at radius 1 is 0.632 bits per heavy atom. The second-order valence-corrected chi connectivity index (χ2v) is 5.31. The molecule has 2 aliphatic carbocycles. The molecule has 19 heavy (non-hydrogen) atoms. The number of carbonyl (C=O) groups excluding carboxylic acids is 2. The Bertz CT molecular complexity index is 241. The molecular weight excluding hydrogens is 439 g/mol. The Morgan fingerprint density at radius 2 is 0.895 bits per heavy atom. The second-order valence-electron chi connectivity index (χ2n) is 5.31. The van der Waals surface area contributed by atoms with Crippen LogP contribution in [-0.4, -0.2) is 39.2 Å². The van der Waals surface area contributed by atoms with E-state index >= 15 is 0 Å². The Morgan fingerprint density at radius 3 is 1.05 bits per heavy atom. The molecule has 0 aromatic carbocycles. The van der Waals surface area contributed by atoms with Crippen molar-refractivity contribution in [2.45, 2.75) is 64.2 Å². The zero-order chi connectivity index (χ0) is 13.4. The summed E-state index contributed by atoms with van der Waals surface area (Å²) >= 11 is 0. The van der Waals surface area contributed by atoms with E-state index in [9.17, 15) is 19.8 Å². The third-order valence-corrected chi connectivity index (χ3v) is 3.88. The van der Waals surface area contributed by atoms with Crippen LogP contribution in [0.3, 0.4) is 0 Å². The van der Waals surface area contributed by atoms with E-state index in [4.69, 9.17) is 0 Å². The van der Waals surface area contributed by atoms with E-state index in [1.54, 1.807) is 0 Å². The summed E-state index contributed by atoms with van der Waals surface area (Å²) in [6, 6.07) is 0. The first kappa shape index (κ1) is 18.9. The van der Waals surface area contributed by atoms with E-state index in [-0.39, 0.29) is 39.1 Å². The average Bonchev–Trinajstić information content (AvgIpc) is 2.41. The summed E-state index contributed by atoms with van der Waals surface area (Å²) in [6.07, 6.45) is 10.0. The summed E-state index contributed by atoms with van der Waals surface area (Å²) < 4.78 is 0. The zero-order valence-electron chi connectivity index (χ0n) is 11.4. The predicted molar refractivity (Wildman–Crippen MR) is 68.9 cm³/mol. The Balaban J connectivity index is 0.000000324. The molecule has 0 amide bonds. The van der Waals surface area contributed by atoms with Gasteiger partial charge in [-0.2, -0.15) is 0 Å². The van der Waals surface area contributed by atoms with Crippen molar-refractivity contribution in [2.75, 3.05) is 0 Å². The molecule has 2 saturated carbocycles.